The Morgan fingerprint density at radius 2 is 2.11 bits per heavy atom. The fourth-order valence-electron chi connectivity index (χ4n) is 2.20. The van der Waals surface area contributed by atoms with E-state index in [1.54, 1.807) is 0 Å². The molecule has 0 amide bonds. The number of rotatable bonds is 4. The third-order valence-corrected chi connectivity index (χ3v) is 4.59. The van der Waals surface area contributed by atoms with Crippen molar-refractivity contribution in [2.45, 2.75) is 33.4 Å². The minimum atomic E-state index is -0.631. The Bertz CT molecular complexity index is 452. The van der Waals surface area contributed by atoms with Gasteiger partial charge in [0.2, 0.25) is 0 Å². The van der Waals surface area contributed by atoms with Crippen LogP contribution in [0.1, 0.15) is 25.1 Å². The predicted octanol–water partition coefficient (Wildman–Crippen LogP) is 1.46. The minimum absolute atomic E-state index is 0.461. The summed E-state index contributed by atoms with van der Waals surface area (Å²) in [7, 11) is -0.631. The Hall–Kier alpha value is -0.940. The van der Waals surface area contributed by atoms with Crippen molar-refractivity contribution in [1.29, 1.82) is 0 Å². The molecule has 106 valence electrons. The van der Waals surface area contributed by atoms with Crippen molar-refractivity contribution < 1.29 is 4.21 Å². The molecule has 2 heterocycles. The van der Waals surface area contributed by atoms with Gasteiger partial charge in [-0.2, -0.15) is 0 Å². The highest BCUT2D eigenvalue weighted by Gasteiger charge is 2.18. The van der Waals surface area contributed by atoms with Gasteiger partial charge in [0.15, 0.2) is 0 Å². The zero-order chi connectivity index (χ0) is 13.8. The molecule has 0 radical (unpaired) electrons. The number of aromatic nitrogens is 1. The van der Waals surface area contributed by atoms with Gasteiger partial charge in [0, 0.05) is 71.1 Å². The number of pyridine rings is 1. The maximum absolute atomic E-state index is 11.5. The first-order chi connectivity index (χ1) is 9.06. The van der Waals surface area contributed by atoms with Crippen LogP contribution in [-0.2, 0) is 17.3 Å². The molecule has 0 aliphatic carbocycles. The average molecular weight is 281 g/mol. The molecule has 1 aliphatic rings. The molecule has 5 heteroatoms. The maximum Gasteiger partial charge on any atom is 0.0446 e. The van der Waals surface area contributed by atoms with Gasteiger partial charge in [0.25, 0.3) is 0 Å². The van der Waals surface area contributed by atoms with Gasteiger partial charge >= 0.3 is 0 Å². The number of anilines is 1. The molecular weight excluding hydrogens is 258 g/mol. The Morgan fingerprint density at radius 1 is 1.42 bits per heavy atom. The first-order valence-electron chi connectivity index (χ1n) is 6.85. The number of aryl methyl sites for hydroxylation is 1. The summed E-state index contributed by atoms with van der Waals surface area (Å²) >= 11 is 0. The van der Waals surface area contributed by atoms with Gasteiger partial charge in [0.05, 0.1) is 0 Å². The molecule has 19 heavy (non-hydrogen) atoms. The van der Waals surface area contributed by atoms with E-state index in [2.05, 4.69) is 35.1 Å². The molecule has 0 spiro atoms. The second kappa shape index (κ2) is 6.48. The van der Waals surface area contributed by atoms with Crippen LogP contribution in [-0.4, -0.2) is 39.8 Å². The minimum Gasteiger partial charge on any atom is -0.369 e. The first kappa shape index (κ1) is 14.5. The summed E-state index contributed by atoms with van der Waals surface area (Å²) in [6, 6.07) is 2.61. The van der Waals surface area contributed by atoms with Crippen molar-refractivity contribution in [3.63, 3.8) is 0 Å². The van der Waals surface area contributed by atoms with Gasteiger partial charge in [-0.15, -0.1) is 0 Å². The molecule has 1 aromatic heterocycles. The van der Waals surface area contributed by atoms with Crippen molar-refractivity contribution in [2.24, 2.45) is 0 Å². The van der Waals surface area contributed by atoms with E-state index in [0.29, 0.717) is 6.04 Å². The van der Waals surface area contributed by atoms with E-state index >= 15 is 0 Å². The maximum atomic E-state index is 11.5. The van der Waals surface area contributed by atoms with Crippen LogP contribution < -0.4 is 10.2 Å². The molecule has 4 nitrogen and oxygen atoms in total. The highest BCUT2D eigenvalue weighted by Crippen LogP contribution is 2.22. The Kier molecular flexibility index (Phi) is 4.93. The van der Waals surface area contributed by atoms with Crippen LogP contribution in [0.3, 0.4) is 0 Å². The summed E-state index contributed by atoms with van der Waals surface area (Å²) in [6.45, 7) is 8.90. The summed E-state index contributed by atoms with van der Waals surface area (Å²) in [4.78, 5) is 6.74. The zero-order valence-electron chi connectivity index (χ0n) is 12.0. The first-order valence-corrected chi connectivity index (χ1v) is 8.34. The number of nitrogens with zero attached hydrogens (tertiary/aromatic N) is 2. The lowest BCUT2D eigenvalue weighted by Gasteiger charge is -2.30. The molecule has 0 aromatic carbocycles. The van der Waals surface area contributed by atoms with Crippen LogP contribution in [0.5, 0.6) is 0 Å². The smallest absolute Gasteiger partial charge is 0.0446 e. The van der Waals surface area contributed by atoms with Crippen molar-refractivity contribution in [1.82, 2.24) is 10.3 Å². The molecule has 1 fully saturated rings. The Balaban J connectivity index is 2.16. The molecule has 0 bridgehead atoms. The van der Waals surface area contributed by atoms with Gasteiger partial charge in [-0.25, -0.2) is 0 Å². The third-order valence-electron chi connectivity index (χ3n) is 3.32. The molecule has 0 atom stereocenters. The van der Waals surface area contributed by atoms with Crippen LogP contribution in [0.4, 0.5) is 5.69 Å². The van der Waals surface area contributed by atoms with E-state index in [-0.39, 0.29) is 0 Å². The summed E-state index contributed by atoms with van der Waals surface area (Å²) in [6.07, 6.45) is 1.96. The van der Waals surface area contributed by atoms with Crippen molar-refractivity contribution in [2.75, 3.05) is 29.5 Å². The topological polar surface area (TPSA) is 45.2 Å². The molecular formula is C14H23N3OS. The van der Waals surface area contributed by atoms with Gasteiger partial charge < -0.3 is 10.2 Å². The lowest BCUT2D eigenvalue weighted by Crippen LogP contribution is -2.38. The van der Waals surface area contributed by atoms with E-state index in [0.717, 1.165) is 36.8 Å². The van der Waals surface area contributed by atoms with Crippen molar-refractivity contribution in [3.8, 4) is 0 Å². The van der Waals surface area contributed by atoms with Crippen LogP contribution in [0.15, 0.2) is 12.3 Å². The standard InChI is InChI=1S/C14H23N3OS/c1-11(2)15-9-13-10-16-12(3)8-14(13)17-4-6-19(18)7-5-17/h8,10-11,15H,4-7,9H2,1-3H3. The molecule has 0 saturated carbocycles. The van der Waals surface area contributed by atoms with Crippen LogP contribution in [0.25, 0.3) is 0 Å². The van der Waals surface area contributed by atoms with Crippen molar-refractivity contribution >= 4 is 16.5 Å². The quantitative estimate of drug-likeness (QED) is 0.907. The van der Waals surface area contributed by atoms with Crippen LogP contribution >= 0.6 is 0 Å². The molecule has 2 rings (SSSR count). The highest BCUT2D eigenvalue weighted by atomic mass is 32.2. The highest BCUT2D eigenvalue weighted by molar-refractivity contribution is 7.85. The van der Waals surface area contributed by atoms with E-state index in [1.165, 1.54) is 11.3 Å². The summed E-state index contributed by atoms with van der Waals surface area (Å²) < 4.78 is 11.5. The van der Waals surface area contributed by atoms with Gasteiger partial charge in [-0.3, -0.25) is 9.19 Å². The molecule has 1 saturated heterocycles. The van der Waals surface area contributed by atoms with Crippen molar-refractivity contribution in [3.05, 3.63) is 23.5 Å². The van der Waals surface area contributed by atoms with Crippen LogP contribution in [0, 0.1) is 6.92 Å². The van der Waals surface area contributed by atoms with Gasteiger partial charge in [-0.05, 0) is 13.0 Å². The fraction of sp³-hybridized carbons (Fsp3) is 0.643. The Morgan fingerprint density at radius 3 is 2.74 bits per heavy atom. The second-order valence-corrected chi connectivity index (χ2v) is 7.02. The summed E-state index contributed by atoms with van der Waals surface area (Å²) in [5, 5.41) is 3.44. The van der Waals surface area contributed by atoms with E-state index in [9.17, 15) is 4.21 Å². The van der Waals surface area contributed by atoms with Gasteiger partial charge in [0.1, 0.15) is 0 Å². The zero-order valence-corrected chi connectivity index (χ0v) is 12.8. The molecule has 1 aromatic rings. The summed E-state index contributed by atoms with van der Waals surface area (Å²) in [5.41, 5.74) is 3.51. The summed E-state index contributed by atoms with van der Waals surface area (Å²) in [5.74, 6) is 1.55. The second-order valence-electron chi connectivity index (χ2n) is 5.33. The monoisotopic (exact) mass is 281 g/mol. The number of hydrogen-bond donors (Lipinski definition) is 1. The number of hydrogen-bond acceptors (Lipinski definition) is 4. The molecule has 1 N–H and O–H groups in total. The lowest BCUT2D eigenvalue weighted by atomic mass is 10.1. The largest absolute Gasteiger partial charge is 0.369 e. The lowest BCUT2D eigenvalue weighted by molar-refractivity contribution is 0.586. The number of nitrogens with one attached hydrogen (secondary N) is 1. The molecule has 0 unspecified atom stereocenters. The Labute approximate surface area is 118 Å². The van der Waals surface area contributed by atoms with E-state index < -0.39 is 10.8 Å². The SMILES string of the molecule is Cc1cc(N2CCS(=O)CC2)c(CNC(C)C)cn1. The van der Waals surface area contributed by atoms with E-state index in [4.69, 9.17) is 0 Å². The molecule has 1 aliphatic heterocycles. The van der Waals surface area contributed by atoms with Crippen LogP contribution in [0.2, 0.25) is 0 Å². The normalized spacial score (nSPS) is 17.2. The third kappa shape index (κ3) is 4.01. The van der Waals surface area contributed by atoms with Gasteiger partial charge in [-0.1, -0.05) is 13.8 Å². The van der Waals surface area contributed by atoms with E-state index in [1.807, 2.05) is 13.1 Å². The average Bonchev–Trinajstić information content (AvgIpc) is 2.38. The predicted molar refractivity (Wildman–Crippen MR) is 81.0 cm³/mol. The fourth-order valence-corrected chi connectivity index (χ4v) is 3.25.